The molecule has 0 aromatic carbocycles. The zero-order valence-electron chi connectivity index (χ0n) is 17.2. The van der Waals surface area contributed by atoms with E-state index in [0.29, 0.717) is 13.1 Å². The normalized spacial score (nSPS) is 21.5. The largest absolute Gasteiger partial charge is 0.387 e. The Hall–Kier alpha value is -0.160. The van der Waals surface area contributed by atoms with E-state index in [1.807, 2.05) is 6.92 Å². The Kier molecular flexibility index (Phi) is 12.8. The topological polar surface area (TPSA) is 72.4 Å². The number of rotatable bonds is 10. The summed E-state index contributed by atoms with van der Waals surface area (Å²) in [4.78, 5) is 9.41. The summed E-state index contributed by atoms with van der Waals surface area (Å²) in [7, 11) is 0. The third kappa shape index (κ3) is 10.8. The van der Waals surface area contributed by atoms with Crippen molar-refractivity contribution in [2.24, 2.45) is 4.99 Å². The van der Waals surface area contributed by atoms with Crippen molar-refractivity contribution in [3.05, 3.63) is 0 Å². The fourth-order valence-corrected chi connectivity index (χ4v) is 3.56. The number of nitrogens with one attached hydrogen (secondary N) is 2. The number of β-amino-alcohol motifs (C(OH)–C–C–N with tert-alkyl or cyclic N) is 1. The van der Waals surface area contributed by atoms with E-state index in [9.17, 15) is 5.11 Å². The molecule has 27 heavy (non-hydrogen) atoms. The smallest absolute Gasteiger partial charge is 0.191 e. The van der Waals surface area contributed by atoms with Crippen molar-refractivity contribution < 1.29 is 9.84 Å². The second-order valence-electron chi connectivity index (χ2n) is 7.76. The van der Waals surface area contributed by atoms with Crippen LogP contribution in [-0.2, 0) is 4.74 Å². The van der Waals surface area contributed by atoms with Gasteiger partial charge >= 0.3 is 0 Å². The van der Waals surface area contributed by atoms with Crippen LogP contribution in [0.2, 0.25) is 0 Å². The molecule has 0 aromatic rings. The molecule has 2 aliphatic rings. The number of halogens is 1. The number of unbranched alkanes of at least 4 members (excludes halogenated alkanes) is 1. The van der Waals surface area contributed by atoms with Gasteiger partial charge in [-0.2, -0.15) is 0 Å². The van der Waals surface area contributed by atoms with Gasteiger partial charge in [0, 0.05) is 32.7 Å². The molecule has 2 rings (SSSR count). The van der Waals surface area contributed by atoms with Gasteiger partial charge in [0.15, 0.2) is 5.96 Å². The van der Waals surface area contributed by atoms with Gasteiger partial charge in [-0.3, -0.25) is 9.89 Å². The molecule has 8 heteroatoms. The molecule has 2 saturated heterocycles. The molecule has 2 heterocycles. The Bertz CT molecular complexity index is 411. The molecule has 7 nitrogen and oxygen atoms in total. The molecule has 160 valence electrons. The predicted octanol–water partition coefficient (Wildman–Crippen LogP) is 1.12. The lowest BCUT2D eigenvalue weighted by Crippen LogP contribution is -2.48. The molecule has 2 aliphatic heterocycles. The van der Waals surface area contributed by atoms with Crippen LogP contribution in [0.15, 0.2) is 4.99 Å². The van der Waals surface area contributed by atoms with Gasteiger partial charge in [-0.05, 0) is 59.2 Å². The highest BCUT2D eigenvalue weighted by molar-refractivity contribution is 14.0. The van der Waals surface area contributed by atoms with Crippen molar-refractivity contribution in [1.29, 1.82) is 0 Å². The summed E-state index contributed by atoms with van der Waals surface area (Å²) in [6.07, 6.45) is 5.09. The molecule has 0 spiro atoms. The summed E-state index contributed by atoms with van der Waals surface area (Å²) in [6.45, 7) is 13.7. The van der Waals surface area contributed by atoms with Gasteiger partial charge in [-0.25, -0.2) is 0 Å². The second-order valence-corrected chi connectivity index (χ2v) is 7.76. The summed E-state index contributed by atoms with van der Waals surface area (Å²) in [6, 6.07) is 0. The summed E-state index contributed by atoms with van der Waals surface area (Å²) < 4.78 is 5.37. The third-order valence-corrected chi connectivity index (χ3v) is 4.98. The Morgan fingerprint density at radius 1 is 1.07 bits per heavy atom. The Morgan fingerprint density at radius 2 is 1.78 bits per heavy atom. The van der Waals surface area contributed by atoms with Crippen LogP contribution in [0.4, 0.5) is 0 Å². The van der Waals surface area contributed by atoms with Crippen LogP contribution in [0.5, 0.6) is 0 Å². The molecule has 0 amide bonds. The van der Waals surface area contributed by atoms with Gasteiger partial charge in [0.1, 0.15) is 0 Å². The average molecular weight is 497 g/mol. The molecule has 1 atom stereocenters. The molecule has 0 saturated carbocycles. The van der Waals surface area contributed by atoms with Gasteiger partial charge < -0.3 is 25.4 Å². The number of guanidine groups is 1. The molecule has 0 aromatic heterocycles. The maximum Gasteiger partial charge on any atom is 0.191 e. The first-order valence-corrected chi connectivity index (χ1v) is 10.4. The Labute approximate surface area is 182 Å². The van der Waals surface area contributed by atoms with Crippen molar-refractivity contribution in [1.82, 2.24) is 20.4 Å². The zero-order valence-corrected chi connectivity index (χ0v) is 19.5. The Morgan fingerprint density at radius 3 is 2.44 bits per heavy atom. The number of hydrogen-bond donors (Lipinski definition) is 3. The number of hydrogen-bond acceptors (Lipinski definition) is 5. The minimum absolute atomic E-state index is 0. The standard InChI is InChI=1S/C19H39N5O2.HI/c1-3-20-18(21-8-4-5-9-23-10-6-7-11-23)22-16-19(2,25)17-24-12-14-26-15-13-24;/h25H,3-17H2,1-2H3,(H2,20,21,22);1H. The van der Waals surface area contributed by atoms with E-state index >= 15 is 0 Å². The first-order chi connectivity index (χ1) is 12.6. The highest BCUT2D eigenvalue weighted by atomic mass is 127. The monoisotopic (exact) mass is 497 g/mol. The lowest BCUT2D eigenvalue weighted by Gasteiger charge is -2.33. The molecular formula is C19H40IN5O2. The first-order valence-electron chi connectivity index (χ1n) is 10.4. The zero-order chi connectivity index (χ0) is 18.7. The molecule has 3 N–H and O–H groups in total. The molecule has 0 aliphatic carbocycles. The molecular weight excluding hydrogens is 457 g/mol. The third-order valence-electron chi connectivity index (χ3n) is 4.98. The summed E-state index contributed by atoms with van der Waals surface area (Å²) in [5, 5.41) is 17.3. The van der Waals surface area contributed by atoms with E-state index < -0.39 is 5.60 Å². The SMILES string of the molecule is CCNC(=NCC(C)(O)CN1CCOCC1)NCCCCN1CCCC1.I. The average Bonchev–Trinajstić information content (AvgIpc) is 3.13. The molecule has 2 fully saturated rings. The number of likely N-dealkylation sites (tertiary alicyclic amines) is 1. The summed E-state index contributed by atoms with van der Waals surface area (Å²) >= 11 is 0. The molecule has 1 unspecified atom stereocenters. The van der Waals surface area contributed by atoms with E-state index in [1.165, 1.54) is 38.9 Å². The van der Waals surface area contributed by atoms with Gasteiger partial charge in [-0.1, -0.05) is 0 Å². The van der Waals surface area contributed by atoms with Gasteiger partial charge in [0.25, 0.3) is 0 Å². The summed E-state index contributed by atoms with van der Waals surface area (Å²) in [5.74, 6) is 0.802. The van der Waals surface area contributed by atoms with E-state index in [0.717, 1.165) is 51.8 Å². The van der Waals surface area contributed by atoms with E-state index in [2.05, 4.69) is 32.3 Å². The van der Waals surface area contributed by atoms with E-state index in [-0.39, 0.29) is 24.0 Å². The second kappa shape index (κ2) is 13.9. The quantitative estimate of drug-likeness (QED) is 0.182. The molecule has 0 radical (unpaired) electrons. The number of aliphatic imine (C=N–C) groups is 1. The number of morpholine rings is 1. The maximum absolute atomic E-state index is 10.7. The van der Waals surface area contributed by atoms with E-state index in [4.69, 9.17) is 4.74 Å². The number of aliphatic hydroxyl groups is 1. The Balaban J connectivity index is 0.00000364. The fourth-order valence-electron chi connectivity index (χ4n) is 3.56. The van der Waals surface area contributed by atoms with Gasteiger partial charge in [0.05, 0.1) is 25.4 Å². The van der Waals surface area contributed by atoms with Crippen molar-refractivity contribution >= 4 is 29.9 Å². The van der Waals surface area contributed by atoms with Crippen molar-refractivity contribution in [2.75, 3.05) is 72.1 Å². The van der Waals surface area contributed by atoms with Crippen LogP contribution >= 0.6 is 24.0 Å². The van der Waals surface area contributed by atoms with E-state index in [1.54, 1.807) is 0 Å². The van der Waals surface area contributed by atoms with Crippen LogP contribution < -0.4 is 10.6 Å². The van der Waals surface area contributed by atoms with Crippen LogP contribution in [0, 0.1) is 0 Å². The number of ether oxygens (including phenoxy) is 1. The predicted molar refractivity (Wildman–Crippen MR) is 122 cm³/mol. The van der Waals surface area contributed by atoms with Gasteiger partial charge in [-0.15, -0.1) is 24.0 Å². The maximum atomic E-state index is 10.7. The van der Waals surface area contributed by atoms with Crippen LogP contribution in [0.3, 0.4) is 0 Å². The summed E-state index contributed by atoms with van der Waals surface area (Å²) in [5.41, 5.74) is -0.824. The van der Waals surface area contributed by atoms with Crippen LogP contribution in [0.1, 0.15) is 39.5 Å². The lowest BCUT2D eigenvalue weighted by molar-refractivity contribution is -0.0179. The highest BCUT2D eigenvalue weighted by Crippen LogP contribution is 2.09. The van der Waals surface area contributed by atoms with Crippen LogP contribution in [0.25, 0.3) is 0 Å². The molecule has 0 bridgehead atoms. The van der Waals surface area contributed by atoms with Gasteiger partial charge in [0.2, 0.25) is 0 Å². The van der Waals surface area contributed by atoms with Crippen molar-refractivity contribution in [3.63, 3.8) is 0 Å². The highest BCUT2D eigenvalue weighted by Gasteiger charge is 2.25. The lowest BCUT2D eigenvalue weighted by atomic mass is 10.1. The fraction of sp³-hybridized carbons (Fsp3) is 0.947. The van der Waals surface area contributed by atoms with Crippen molar-refractivity contribution in [3.8, 4) is 0 Å². The first kappa shape index (κ1) is 24.9. The minimum atomic E-state index is -0.824. The minimum Gasteiger partial charge on any atom is -0.387 e. The number of nitrogens with zero attached hydrogens (tertiary/aromatic N) is 3. The van der Waals surface area contributed by atoms with Crippen LogP contribution in [-0.4, -0.2) is 98.6 Å². The van der Waals surface area contributed by atoms with Crippen molar-refractivity contribution in [2.45, 2.75) is 45.1 Å².